The summed E-state index contributed by atoms with van der Waals surface area (Å²) in [5.74, 6) is -3.04. The minimum Gasteiger partial charge on any atom is -0.267 e. The highest BCUT2D eigenvalue weighted by Crippen LogP contribution is 2.16. The number of amides is 2. The third kappa shape index (κ3) is 2.73. The predicted molar refractivity (Wildman–Crippen MR) is 80.1 cm³/mol. The topological polar surface area (TPSA) is 62.1 Å². The zero-order valence-corrected chi connectivity index (χ0v) is 12.0. The zero-order chi connectivity index (χ0) is 16.6. The maximum Gasteiger partial charge on any atom is 0.280 e. The highest BCUT2D eigenvalue weighted by molar-refractivity contribution is 6.47. The number of carbonyl (C=O) groups excluding carboxylic acids is 2. The number of rotatable bonds is 1. The van der Waals surface area contributed by atoms with Gasteiger partial charge in [-0.15, -0.1) is 0 Å². The summed E-state index contributed by atoms with van der Waals surface area (Å²) in [5.41, 5.74) is -0.191. The highest BCUT2D eigenvalue weighted by atomic mass is 19.2. The van der Waals surface area contributed by atoms with Crippen LogP contribution in [0.5, 0.6) is 0 Å². The minimum atomic E-state index is -1.15. The van der Waals surface area contributed by atoms with Gasteiger partial charge in [0, 0.05) is 11.8 Å². The Kier molecular flexibility index (Phi) is 3.69. The molecule has 0 saturated heterocycles. The second-order valence-electron chi connectivity index (χ2n) is 4.97. The van der Waals surface area contributed by atoms with E-state index < -0.39 is 29.5 Å². The van der Waals surface area contributed by atoms with Crippen LogP contribution in [0.2, 0.25) is 0 Å². The van der Waals surface area contributed by atoms with Crippen molar-refractivity contribution in [2.45, 2.75) is 13.0 Å². The van der Waals surface area contributed by atoms with Crippen LogP contribution in [0.15, 0.2) is 52.6 Å². The molecular formula is C16H11F2N3O2. The van der Waals surface area contributed by atoms with Crippen LogP contribution >= 0.6 is 0 Å². The van der Waals surface area contributed by atoms with Gasteiger partial charge in [0.15, 0.2) is 11.6 Å². The first-order valence-electron chi connectivity index (χ1n) is 6.81. The third-order valence-corrected chi connectivity index (χ3v) is 3.39. The van der Waals surface area contributed by atoms with Gasteiger partial charge in [-0.3, -0.25) is 19.5 Å². The van der Waals surface area contributed by atoms with E-state index in [4.69, 9.17) is 0 Å². The number of fused-ring (bicyclic) bond motifs is 1. The summed E-state index contributed by atoms with van der Waals surface area (Å²) >= 11 is 0. The Hall–Kier alpha value is -2.96. The van der Waals surface area contributed by atoms with E-state index in [-0.39, 0.29) is 11.3 Å². The molecule has 0 aromatic heterocycles. The van der Waals surface area contributed by atoms with Gasteiger partial charge in [0.2, 0.25) is 0 Å². The lowest BCUT2D eigenvalue weighted by Crippen LogP contribution is -2.46. The molecule has 0 radical (unpaired) electrons. The normalized spacial score (nSPS) is 21.4. The molecule has 0 fully saturated rings. The number of hydrogen-bond acceptors (Lipinski definition) is 3. The Labute approximate surface area is 130 Å². The van der Waals surface area contributed by atoms with E-state index >= 15 is 0 Å². The number of hydrogen-bond donors (Lipinski definition) is 0. The van der Waals surface area contributed by atoms with Crippen molar-refractivity contribution in [3.8, 4) is 0 Å². The second-order valence-corrected chi connectivity index (χ2v) is 4.97. The van der Waals surface area contributed by atoms with Gasteiger partial charge in [-0.25, -0.2) is 13.8 Å². The van der Waals surface area contributed by atoms with Gasteiger partial charge in [0.1, 0.15) is 11.5 Å². The molecule has 2 aliphatic rings. The fourth-order valence-corrected chi connectivity index (χ4v) is 2.22. The number of aliphatic imine (C=N–C) groups is 2. The molecule has 0 spiro atoms. The maximum absolute atomic E-state index is 13.2. The van der Waals surface area contributed by atoms with E-state index in [2.05, 4.69) is 9.98 Å². The number of carbonyl (C=O) groups is 2. The van der Waals surface area contributed by atoms with E-state index in [1.165, 1.54) is 11.1 Å². The van der Waals surface area contributed by atoms with Crippen molar-refractivity contribution < 1.29 is 18.4 Å². The number of amidine groups is 1. The molecule has 1 unspecified atom stereocenters. The first-order chi connectivity index (χ1) is 11.0. The van der Waals surface area contributed by atoms with Crippen LogP contribution in [-0.2, 0) is 4.79 Å². The van der Waals surface area contributed by atoms with E-state index in [0.717, 1.165) is 18.2 Å². The monoisotopic (exact) mass is 315 g/mol. The Balaban J connectivity index is 1.95. The first-order valence-corrected chi connectivity index (χ1v) is 6.81. The molecule has 0 N–H and O–H groups in total. The summed E-state index contributed by atoms with van der Waals surface area (Å²) in [4.78, 5) is 33.8. The molecule has 3 rings (SSSR count). The van der Waals surface area contributed by atoms with Gasteiger partial charge in [0.05, 0.1) is 6.04 Å². The van der Waals surface area contributed by atoms with Crippen LogP contribution in [-0.4, -0.2) is 34.3 Å². The molecule has 2 amide bonds. The summed E-state index contributed by atoms with van der Waals surface area (Å²) in [6.07, 6.45) is 6.58. The summed E-state index contributed by atoms with van der Waals surface area (Å²) in [6, 6.07) is 2.08. The Morgan fingerprint density at radius 2 is 2.04 bits per heavy atom. The molecule has 2 aliphatic heterocycles. The van der Waals surface area contributed by atoms with Crippen molar-refractivity contribution in [1.82, 2.24) is 4.90 Å². The van der Waals surface area contributed by atoms with Gasteiger partial charge in [-0.05, 0) is 37.3 Å². The van der Waals surface area contributed by atoms with E-state index in [9.17, 15) is 18.4 Å². The molecule has 116 valence electrons. The van der Waals surface area contributed by atoms with Crippen molar-refractivity contribution in [3.63, 3.8) is 0 Å². The molecule has 1 aromatic rings. The average Bonchev–Trinajstić information content (AvgIpc) is 2.54. The third-order valence-electron chi connectivity index (χ3n) is 3.39. The zero-order valence-electron chi connectivity index (χ0n) is 12.0. The molecule has 0 bridgehead atoms. The van der Waals surface area contributed by atoms with Crippen LogP contribution in [0.25, 0.3) is 0 Å². The SMILES string of the molecule is CC1N=C2C=CC=CN2C(=O)C1=NC(=O)c1ccc(F)c(F)c1. The van der Waals surface area contributed by atoms with Gasteiger partial charge in [0.25, 0.3) is 11.8 Å². The lowest BCUT2D eigenvalue weighted by molar-refractivity contribution is -0.119. The van der Waals surface area contributed by atoms with Crippen molar-refractivity contribution in [3.05, 3.63) is 59.8 Å². The van der Waals surface area contributed by atoms with Crippen molar-refractivity contribution >= 4 is 23.4 Å². The number of allylic oxidation sites excluding steroid dienone is 2. The second kappa shape index (κ2) is 5.68. The lowest BCUT2D eigenvalue weighted by Gasteiger charge is -2.27. The summed E-state index contributed by atoms with van der Waals surface area (Å²) in [5, 5.41) is 0. The van der Waals surface area contributed by atoms with E-state index in [1.54, 1.807) is 25.2 Å². The fourth-order valence-electron chi connectivity index (χ4n) is 2.22. The average molecular weight is 315 g/mol. The van der Waals surface area contributed by atoms with Crippen molar-refractivity contribution in [1.29, 1.82) is 0 Å². The van der Waals surface area contributed by atoms with Crippen LogP contribution in [0.1, 0.15) is 17.3 Å². The molecular weight excluding hydrogens is 304 g/mol. The molecule has 1 atom stereocenters. The van der Waals surface area contributed by atoms with Crippen molar-refractivity contribution in [2.75, 3.05) is 0 Å². The number of benzene rings is 1. The summed E-state index contributed by atoms with van der Waals surface area (Å²) < 4.78 is 26.1. The molecule has 7 heteroatoms. The van der Waals surface area contributed by atoms with Gasteiger partial charge >= 0.3 is 0 Å². The molecule has 1 aromatic carbocycles. The fraction of sp³-hybridized carbons (Fsp3) is 0.125. The smallest absolute Gasteiger partial charge is 0.267 e. The Morgan fingerprint density at radius 1 is 1.26 bits per heavy atom. The molecule has 5 nitrogen and oxygen atoms in total. The number of halogens is 2. The maximum atomic E-state index is 13.2. The molecule has 2 heterocycles. The van der Waals surface area contributed by atoms with Crippen molar-refractivity contribution in [2.24, 2.45) is 9.98 Å². The minimum absolute atomic E-state index is 0.0524. The Bertz CT molecular complexity index is 825. The van der Waals surface area contributed by atoms with Gasteiger partial charge < -0.3 is 0 Å². The first kappa shape index (κ1) is 15.0. The van der Waals surface area contributed by atoms with Gasteiger partial charge in [-0.1, -0.05) is 6.08 Å². The highest BCUT2D eigenvalue weighted by Gasteiger charge is 2.32. The van der Waals surface area contributed by atoms with E-state index in [1.807, 2.05) is 0 Å². The van der Waals surface area contributed by atoms with E-state index in [0.29, 0.717) is 5.84 Å². The lowest BCUT2D eigenvalue weighted by atomic mass is 10.1. The Morgan fingerprint density at radius 3 is 2.78 bits per heavy atom. The quantitative estimate of drug-likeness (QED) is 0.798. The molecule has 0 aliphatic carbocycles. The number of nitrogens with zero attached hydrogens (tertiary/aromatic N) is 3. The largest absolute Gasteiger partial charge is 0.280 e. The summed E-state index contributed by atoms with van der Waals surface area (Å²) in [7, 11) is 0. The van der Waals surface area contributed by atoms with Crippen LogP contribution in [0.4, 0.5) is 8.78 Å². The summed E-state index contributed by atoms with van der Waals surface area (Å²) in [6.45, 7) is 1.63. The van der Waals surface area contributed by atoms with Crippen LogP contribution in [0, 0.1) is 11.6 Å². The van der Waals surface area contributed by atoms with Gasteiger partial charge in [-0.2, -0.15) is 0 Å². The van der Waals surface area contributed by atoms with Crippen LogP contribution in [0.3, 0.4) is 0 Å². The molecule has 0 saturated carbocycles. The standard InChI is InChI=1S/C16H11F2N3O2/c1-9-14(16(23)21-7-3-2-4-13(21)19-9)20-15(22)10-5-6-11(17)12(18)8-10/h2-9H,1H3. The van der Waals surface area contributed by atoms with Crippen LogP contribution < -0.4 is 0 Å². The predicted octanol–water partition coefficient (Wildman–Crippen LogP) is 2.26. The molecule has 23 heavy (non-hydrogen) atoms.